The monoisotopic (exact) mass is 438 g/mol. The Bertz CT molecular complexity index is 1110. The summed E-state index contributed by atoms with van der Waals surface area (Å²) >= 11 is 0. The van der Waals surface area contributed by atoms with E-state index in [9.17, 15) is 28.3 Å². The lowest BCUT2D eigenvalue weighted by Crippen LogP contribution is -2.41. The smallest absolute Gasteiger partial charge is 0.351 e. The third kappa shape index (κ3) is 3.73. The second kappa shape index (κ2) is 7.68. The van der Waals surface area contributed by atoms with Gasteiger partial charge in [-0.25, -0.2) is 4.79 Å². The first kappa shape index (κ1) is 20.8. The van der Waals surface area contributed by atoms with Gasteiger partial charge in [0.05, 0.1) is 12.3 Å². The van der Waals surface area contributed by atoms with Gasteiger partial charge in [0.1, 0.15) is 17.7 Å². The Hall–Kier alpha value is -3.42. The highest BCUT2D eigenvalue weighted by atomic mass is 19.3. The normalized spacial score (nSPS) is 24.1. The van der Waals surface area contributed by atoms with Crippen molar-refractivity contribution < 1.29 is 38.1 Å². The molecule has 4 N–H and O–H groups in total. The number of nitrogens with one attached hydrogen (secondary N) is 2. The van der Waals surface area contributed by atoms with E-state index < -0.39 is 42.6 Å². The van der Waals surface area contributed by atoms with Crippen LogP contribution in [0.15, 0.2) is 35.3 Å². The van der Waals surface area contributed by atoms with Crippen molar-refractivity contribution in [2.75, 3.05) is 23.8 Å². The fourth-order valence-corrected chi connectivity index (χ4v) is 3.18. The van der Waals surface area contributed by atoms with Gasteiger partial charge < -0.3 is 30.3 Å². The Morgan fingerprint density at radius 2 is 2.13 bits per heavy atom. The van der Waals surface area contributed by atoms with Crippen LogP contribution in [0.3, 0.4) is 0 Å². The summed E-state index contributed by atoms with van der Waals surface area (Å²) in [5.74, 6) is -4.76. The number of aliphatic hydroxyl groups is 2. The van der Waals surface area contributed by atoms with Crippen molar-refractivity contribution in [3.8, 4) is 5.75 Å². The topological polar surface area (TPSA) is 152 Å². The van der Waals surface area contributed by atoms with Crippen molar-refractivity contribution >= 4 is 23.3 Å². The first-order chi connectivity index (χ1) is 14.7. The Labute approximate surface area is 172 Å². The number of hydrogen-bond acceptors (Lipinski definition) is 8. The number of amides is 2. The van der Waals surface area contributed by atoms with Gasteiger partial charge in [0.25, 0.3) is 11.8 Å². The van der Waals surface area contributed by atoms with Crippen LogP contribution in [0.4, 0.5) is 20.3 Å². The van der Waals surface area contributed by atoms with E-state index in [1.54, 1.807) is 0 Å². The number of carbonyl (C=O) groups is 2. The predicted molar refractivity (Wildman–Crippen MR) is 99.0 cm³/mol. The average Bonchev–Trinajstić information content (AvgIpc) is 2.96. The van der Waals surface area contributed by atoms with Gasteiger partial charge in [0.15, 0.2) is 12.7 Å². The third-order valence-corrected chi connectivity index (χ3v) is 4.76. The number of aliphatic hydroxyl groups excluding tert-OH is 2. The van der Waals surface area contributed by atoms with E-state index in [-0.39, 0.29) is 29.6 Å². The van der Waals surface area contributed by atoms with E-state index >= 15 is 0 Å². The zero-order valence-electron chi connectivity index (χ0n) is 15.6. The number of fused-ring (bicyclic) bond motifs is 1. The average molecular weight is 438 g/mol. The zero-order chi connectivity index (χ0) is 22.3. The first-order valence-electron chi connectivity index (χ1n) is 9.00. The van der Waals surface area contributed by atoms with E-state index in [0.29, 0.717) is 10.3 Å². The van der Waals surface area contributed by atoms with Gasteiger partial charge >= 0.3 is 11.6 Å². The molecule has 3 atom stereocenters. The summed E-state index contributed by atoms with van der Waals surface area (Å²) in [6, 6.07) is 5.37. The van der Waals surface area contributed by atoms with Gasteiger partial charge in [0, 0.05) is 11.8 Å². The van der Waals surface area contributed by atoms with Crippen molar-refractivity contribution in [2.24, 2.45) is 0 Å². The lowest BCUT2D eigenvalue weighted by Gasteiger charge is -2.21. The van der Waals surface area contributed by atoms with Gasteiger partial charge in [-0.1, -0.05) is 0 Å². The summed E-state index contributed by atoms with van der Waals surface area (Å²) in [4.78, 5) is 39.5. The van der Waals surface area contributed by atoms with Gasteiger partial charge in [-0.05, 0) is 24.3 Å². The maximum absolute atomic E-state index is 14.2. The number of aromatic nitrogens is 2. The number of rotatable bonds is 4. The Morgan fingerprint density at radius 3 is 2.81 bits per heavy atom. The van der Waals surface area contributed by atoms with Crippen LogP contribution in [0.5, 0.6) is 5.75 Å². The highest BCUT2D eigenvalue weighted by Gasteiger charge is 2.59. The second-order valence-electron chi connectivity index (χ2n) is 6.83. The Kier molecular flexibility index (Phi) is 5.16. The molecule has 13 heteroatoms. The molecule has 2 aromatic rings. The van der Waals surface area contributed by atoms with E-state index in [2.05, 4.69) is 15.6 Å². The summed E-state index contributed by atoms with van der Waals surface area (Å²) in [5, 5.41) is 23.6. The summed E-state index contributed by atoms with van der Waals surface area (Å²) in [6.45, 7) is -1.06. The van der Waals surface area contributed by atoms with Crippen LogP contribution in [0.25, 0.3) is 0 Å². The maximum Gasteiger partial charge on any atom is 0.351 e. The Morgan fingerprint density at radius 1 is 1.35 bits per heavy atom. The maximum atomic E-state index is 14.2. The SMILES string of the molecule is O=C1COc2cc(C(=O)Nc3ccn(C4O[C@H](CO)[C@@H](O)C4(F)F)c(=O)n3)ccc2N1. The predicted octanol–water partition coefficient (Wildman–Crippen LogP) is -0.288. The minimum Gasteiger partial charge on any atom is -0.482 e. The molecule has 1 unspecified atom stereocenters. The second-order valence-corrected chi connectivity index (χ2v) is 6.83. The summed E-state index contributed by atoms with van der Waals surface area (Å²) in [5.41, 5.74) is -0.625. The number of nitrogens with zero attached hydrogens (tertiary/aromatic N) is 2. The fourth-order valence-electron chi connectivity index (χ4n) is 3.18. The summed E-state index contributed by atoms with van der Waals surface area (Å²) in [7, 11) is 0. The highest BCUT2D eigenvalue weighted by Crippen LogP contribution is 2.42. The molecule has 0 aliphatic carbocycles. The highest BCUT2D eigenvalue weighted by molar-refractivity contribution is 6.05. The van der Waals surface area contributed by atoms with Crippen LogP contribution >= 0.6 is 0 Å². The van der Waals surface area contributed by atoms with Crippen LogP contribution in [-0.2, 0) is 9.53 Å². The molecule has 31 heavy (non-hydrogen) atoms. The number of hydrogen-bond donors (Lipinski definition) is 4. The lowest BCUT2D eigenvalue weighted by atomic mass is 10.1. The molecule has 1 fully saturated rings. The minimum absolute atomic E-state index is 0.139. The van der Waals surface area contributed by atoms with Gasteiger partial charge in [0.2, 0.25) is 6.23 Å². The summed E-state index contributed by atoms with van der Waals surface area (Å²) in [6.07, 6.45) is -5.11. The number of halogens is 2. The standard InChI is InChI=1S/C18H16F2N4O7/c19-18(20)14(27)11(6-25)31-16(18)24-4-3-12(23-17(24)29)22-15(28)8-1-2-9-10(5-8)30-7-13(26)21-9/h1-5,11,14,16,25,27H,6-7H2,(H,21,26)(H,22,23,28,29)/t11-,14-,16?/m1/s1. The van der Waals surface area contributed by atoms with Crippen LogP contribution < -0.4 is 21.1 Å². The van der Waals surface area contributed by atoms with Crippen LogP contribution in [0.1, 0.15) is 16.6 Å². The van der Waals surface area contributed by atoms with Crippen LogP contribution in [-0.4, -0.2) is 62.9 Å². The van der Waals surface area contributed by atoms with E-state index in [1.165, 1.54) is 18.2 Å². The number of ether oxygens (including phenoxy) is 2. The van der Waals surface area contributed by atoms with Crippen molar-refractivity contribution in [1.29, 1.82) is 0 Å². The van der Waals surface area contributed by atoms with E-state index in [1.807, 2.05) is 0 Å². The third-order valence-electron chi connectivity index (χ3n) is 4.76. The first-order valence-corrected chi connectivity index (χ1v) is 9.00. The molecular formula is C18H16F2N4O7. The molecule has 3 heterocycles. The zero-order valence-corrected chi connectivity index (χ0v) is 15.6. The fraction of sp³-hybridized carbons (Fsp3) is 0.333. The van der Waals surface area contributed by atoms with E-state index in [4.69, 9.17) is 14.6 Å². The van der Waals surface area contributed by atoms with Crippen molar-refractivity contribution in [1.82, 2.24) is 9.55 Å². The van der Waals surface area contributed by atoms with Crippen molar-refractivity contribution in [3.63, 3.8) is 0 Å². The van der Waals surface area contributed by atoms with Crippen molar-refractivity contribution in [3.05, 3.63) is 46.5 Å². The number of anilines is 2. The number of alkyl halides is 2. The number of benzene rings is 1. The van der Waals surface area contributed by atoms with E-state index in [0.717, 1.165) is 12.3 Å². The van der Waals surface area contributed by atoms with Gasteiger partial charge in [-0.2, -0.15) is 13.8 Å². The van der Waals surface area contributed by atoms with Gasteiger partial charge in [-0.3, -0.25) is 14.2 Å². The molecule has 0 bridgehead atoms. The molecule has 0 radical (unpaired) electrons. The Balaban J connectivity index is 1.52. The molecule has 11 nitrogen and oxygen atoms in total. The molecule has 2 amide bonds. The minimum atomic E-state index is -3.85. The van der Waals surface area contributed by atoms with Crippen molar-refractivity contribution in [2.45, 2.75) is 24.4 Å². The largest absolute Gasteiger partial charge is 0.482 e. The van der Waals surface area contributed by atoms with Crippen LogP contribution in [0, 0.1) is 0 Å². The lowest BCUT2D eigenvalue weighted by molar-refractivity contribution is -0.140. The molecule has 2 aliphatic rings. The summed E-state index contributed by atoms with van der Waals surface area (Å²) < 4.78 is 39.0. The molecule has 1 aromatic carbocycles. The molecule has 0 saturated carbocycles. The van der Waals surface area contributed by atoms with Gasteiger partial charge in [-0.15, -0.1) is 0 Å². The molecule has 1 aromatic heterocycles. The number of carbonyl (C=O) groups excluding carboxylic acids is 2. The molecular weight excluding hydrogens is 422 g/mol. The molecule has 2 aliphatic heterocycles. The molecule has 0 spiro atoms. The molecule has 4 rings (SSSR count). The van der Waals surface area contributed by atoms with Crippen LogP contribution in [0.2, 0.25) is 0 Å². The molecule has 1 saturated heterocycles. The molecule has 164 valence electrons. The quantitative estimate of drug-likeness (QED) is 0.508.